The molecule has 0 aromatic carbocycles. The average molecular weight is 312 g/mol. The normalized spacial score (nSPS) is 22.9. The molecule has 2 aliphatic heterocycles. The fraction of sp³-hybridized carbons (Fsp3) is 0.786. The molecule has 0 spiro atoms. The predicted octanol–water partition coefficient (Wildman–Crippen LogP) is 1.72. The number of hydrogen-bond donors (Lipinski definition) is 1. The summed E-state index contributed by atoms with van der Waals surface area (Å²) < 4.78 is 0. The summed E-state index contributed by atoms with van der Waals surface area (Å²) in [5.74, 6) is 1.89. The Kier molecular flexibility index (Phi) is 4.75. The lowest BCUT2D eigenvalue weighted by Crippen LogP contribution is -2.37. The van der Waals surface area contributed by atoms with Crippen molar-refractivity contribution in [1.29, 1.82) is 0 Å². The van der Waals surface area contributed by atoms with Crippen molar-refractivity contribution in [1.82, 2.24) is 15.0 Å². The van der Waals surface area contributed by atoms with E-state index in [0.29, 0.717) is 17.8 Å². The molecule has 6 nitrogen and oxygen atoms in total. The molecule has 1 N–H and O–H groups in total. The quantitative estimate of drug-likeness (QED) is 0.913. The summed E-state index contributed by atoms with van der Waals surface area (Å²) in [5.41, 5.74) is 0. The predicted molar refractivity (Wildman–Crippen MR) is 82.9 cm³/mol. The van der Waals surface area contributed by atoms with Gasteiger partial charge in [-0.1, -0.05) is 0 Å². The highest BCUT2D eigenvalue weighted by Gasteiger charge is 2.24. The van der Waals surface area contributed by atoms with Crippen LogP contribution >= 0.6 is 11.6 Å². The Morgan fingerprint density at radius 2 is 1.67 bits per heavy atom. The van der Waals surface area contributed by atoms with Crippen LogP contribution in [0.3, 0.4) is 0 Å². The number of piperidine rings is 1. The second-order valence-electron chi connectivity index (χ2n) is 5.87. The fourth-order valence-electron chi connectivity index (χ4n) is 3.19. The van der Waals surface area contributed by atoms with Crippen LogP contribution in [0.2, 0.25) is 5.28 Å². The smallest absolute Gasteiger partial charge is 0.231 e. The van der Waals surface area contributed by atoms with E-state index in [2.05, 4.69) is 24.8 Å². The maximum absolute atomic E-state index is 9.12. The summed E-state index contributed by atoms with van der Waals surface area (Å²) in [4.78, 5) is 17.5. The zero-order valence-electron chi connectivity index (χ0n) is 12.2. The Hall–Kier alpha value is -1.14. The lowest BCUT2D eigenvalue weighted by molar-refractivity contribution is 0.244. The van der Waals surface area contributed by atoms with E-state index >= 15 is 0 Å². The highest BCUT2D eigenvalue weighted by molar-refractivity contribution is 6.28. The Labute approximate surface area is 130 Å². The summed E-state index contributed by atoms with van der Waals surface area (Å²) in [6, 6.07) is 0. The van der Waals surface area contributed by atoms with Crippen molar-refractivity contribution in [3.8, 4) is 0 Å². The number of aromatic nitrogens is 3. The van der Waals surface area contributed by atoms with Gasteiger partial charge in [-0.25, -0.2) is 0 Å². The van der Waals surface area contributed by atoms with Crippen molar-refractivity contribution in [2.45, 2.75) is 32.1 Å². The van der Waals surface area contributed by atoms with E-state index in [9.17, 15) is 0 Å². The number of nitrogens with zero attached hydrogens (tertiary/aromatic N) is 5. The van der Waals surface area contributed by atoms with E-state index < -0.39 is 0 Å². The first-order valence-corrected chi connectivity index (χ1v) is 8.16. The van der Waals surface area contributed by atoms with Gasteiger partial charge in [0.2, 0.25) is 17.2 Å². The van der Waals surface area contributed by atoms with Gasteiger partial charge in [0.15, 0.2) is 0 Å². The first kappa shape index (κ1) is 14.8. The molecule has 2 aliphatic rings. The standard InChI is InChI=1S/C14H22ClN5O/c15-12-16-13(19-6-1-2-7-19)18-14(17-12)20-8-3-4-11(10-20)5-9-21/h11,21H,1-10H2. The molecule has 21 heavy (non-hydrogen) atoms. The average Bonchev–Trinajstić information content (AvgIpc) is 3.01. The van der Waals surface area contributed by atoms with Crippen LogP contribution in [0.5, 0.6) is 0 Å². The summed E-state index contributed by atoms with van der Waals surface area (Å²) >= 11 is 6.09. The van der Waals surface area contributed by atoms with E-state index in [0.717, 1.165) is 45.4 Å². The summed E-state index contributed by atoms with van der Waals surface area (Å²) in [7, 11) is 0. The van der Waals surface area contributed by atoms with Crippen molar-refractivity contribution in [2.75, 3.05) is 42.6 Å². The summed E-state index contributed by atoms with van der Waals surface area (Å²) in [5, 5.41) is 9.39. The third kappa shape index (κ3) is 3.55. The van der Waals surface area contributed by atoms with E-state index in [1.54, 1.807) is 0 Å². The van der Waals surface area contributed by atoms with Crippen molar-refractivity contribution < 1.29 is 5.11 Å². The Bertz CT molecular complexity index is 478. The minimum atomic E-state index is 0.246. The third-order valence-corrected chi connectivity index (χ3v) is 4.48. The van der Waals surface area contributed by atoms with Crippen molar-refractivity contribution in [2.24, 2.45) is 5.92 Å². The van der Waals surface area contributed by atoms with Gasteiger partial charge in [0.1, 0.15) is 0 Å². The Morgan fingerprint density at radius 1 is 1.00 bits per heavy atom. The topological polar surface area (TPSA) is 65.4 Å². The van der Waals surface area contributed by atoms with Gasteiger partial charge in [-0.2, -0.15) is 15.0 Å². The van der Waals surface area contributed by atoms with E-state index in [-0.39, 0.29) is 11.9 Å². The molecule has 7 heteroatoms. The fourth-order valence-corrected chi connectivity index (χ4v) is 3.35. The number of hydrogen-bond acceptors (Lipinski definition) is 6. The van der Waals surface area contributed by atoms with Crippen LogP contribution < -0.4 is 9.80 Å². The maximum Gasteiger partial charge on any atom is 0.231 e. The molecule has 1 aromatic heterocycles. The minimum Gasteiger partial charge on any atom is -0.396 e. The molecule has 0 radical (unpaired) electrons. The lowest BCUT2D eigenvalue weighted by Gasteiger charge is -2.32. The molecule has 2 fully saturated rings. The van der Waals surface area contributed by atoms with Crippen molar-refractivity contribution >= 4 is 23.5 Å². The third-order valence-electron chi connectivity index (χ3n) is 4.31. The lowest BCUT2D eigenvalue weighted by atomic mass is 9.95. The highest BCUT2D eigenvalue weighted by Crippen LogP contribution is 2.25. The molecule has 1 unspecified atom stereocenters. The van der Waals surface area contributed by atoms with Crippen molar-refractivity contribution in [3.63, 3.8) is 0 Å². The molecular formula is C14H22ClN5O. The molecule has 0 bridgehead atoms. The van der Waals surface area contributed by atoms with Crippen LogP contribution in [-0.4, -0.2) is 52.8 Å². The van der Waals surface area contributed by atoms with Crippen LogP contribution in [0.4, 0.5) is 11.9 Å². The monoisotopic (exact) mass is 311 g/mol. The van der Waals surface area contributed by atoms with Gasteiger partial charge in [0.25, 0.3) is 0 Å². The van der Waals surface area contributed by atoms with Crippen molar-refractivity contribution in [3.05, 3.63) is 5.28 Å². The zero-order valence-corrected chi connectivity index (χ0v) is 13.0. The highest BCUT2D eigenvalue weighted by atomic mass is 35.5. The Balaban J connectivity index is 1.77. The number of anilines is 2. The number of halogens is 1. The molecule has 0 aliphatic carbocycles. The van der Waals surface area contributed by atoms with Gasteiger partial charge in [-0.15, -0.1) is 0 Å². The second-order valence-corrected chi connectivity index (χ2v) is 6.20. The minimum absolute atomic E-state index is 0.246. The van der Waals surface area contributed by atoms with Gasteiger partial charge in [0, 0.05) is 32.8 Å². The molecular weight excluding hydrogens is 290 g/mol. The maximum atomic E-state index is 9.12. The van der Waals surface area contributed by atoms with Crippen LogP contribution in [-0.2, 0) is 0 Å². The molecule has 116 valence electrons. The van der Waals surface area contributed by atoms with Gasteiger partial charge < -0.3 is 14.9 Å². The van der Waals surface area contributed by atoms with Crippen LogP contribution in [0.1, 0.15) is 32.1 Å². The Morgan fingerprint density at radius 3 is 2.38 bits per heavy atom. The zero-order chi connectivity index (χ0) is 14.7. The molecule has 0 amide bonds. The molecule has 3 rings (SSSR count). The largest absolute Gasteiger partial charge is 0.396 e. The first-order chi connectivity index (χ1) is 10.3. The van der Waals surface area contributed by atoms with Crippen LogP contribution in [0.25, 0.3) is 0 Å². The van der Waals surface area contributed by atoms with Crippen LogP contribution in [0.15, 0.2) is 0 Å². The summed E-state index contributed by atoms with van der Waals surface area (Å²) in [6.07, 6.45) is 5.47. The van der Waals surface area contributed by atoms with Gasteiger partial charge in [0.05, 0.1) is 0 Å². The number of rotatable bonds is 4. The van der Waals surface area contributed by atoms with Gasteiger partial charge >= 0.3 is 0 Å². The second kappa shape index (κ2) is 6.75. The number of aliphatic hydroxyl groups is 1. The number of aliphatic hydroxyl groups excluding tert-OH is 1. The van der Waals surface area contributed by atoms with E-state index in [1.807, 2.05) is 0 Å². The van der Waals surface area contributed by atoms with Gasteiger partial charge in [-0.3, -0.25) is 0 Å². The molecule has 0 saturated carbocycles. The first-order valence-electron chi connectivity index (χ1n) is 7.78. The molecule has 1 aromatic rings. The molecule has 3 heterocycles. The van der Waals surface area contributed by atoms with Gasteiger partial charge in [-0.05, 0) is 49.6 Å². The SMILES string of the molecule is OCCC1CCCN(c2nc(Cl)nc(N3CCCC3)n2)C1. The molecule has 1 atom stereocenters. The van der Waals surface area contributed by atoms with E-state index in [4.69, 9.17) is 16.7 Å². The van der Waals surface area contributed by atoms with E-state index in [1.165, 1.54) is 12.8 Å². The molecule has 2 saturated heterocycles. The summed E-state index contributed by atoms with van der Waals surface area (Å²) in [6.45, 7) is 4.07. The van der Waals surface area contributed by atoms with Crippen LogP contribution in [0, 0.1) is 5.92 Å².